The van der Waals surface area contributed by atoms with Crippen LogP contribution in [0.25, 0.3) is 0 Å². The maximum Gasteiger partial charge on any atom is 0.341 e. The molecule has 0 aliphatic heterocycles. The largest absolute Gasteiger partial charge is 0.493 e. The topological polar surface area (TPSA) is 115 Å². The summed E-state index contributed by atoms with van der Waals surface area (Å²) in [5, 5.41) is 6.86. The molecule has 1 heterocycles. The van der Waals surface area contributed by atoms with E-state index in [9.17, 15) is 14.4 Å². The molecule has 1 aromatic carbocycles. The minimum atomic E-state index is -0.951. The number of benzene rings is 1. The van der Waals surface area contributed by atoms with E-state index in [1.54, 1.807) is 32.0 Å². The number of thiophene rings is 1. The number of anilines is 1. The number of hydrogen-bond acceptors (Lipinski definition) is 8. The van der Waals surface area contributed by atoms with Crippen LogP contribution in [0.5, 0.6) is 11.5 Å². The molecule has 3 rings (SSSR count). The maximum atomic E-state index is 12.4. The Labute approximate surface area is 189 Å². The summed E-state index contributed by atoms with van der Waals surface area (Å²) >= 11 is 1.30. The van der Waals surface area contributed by atoms with E-state index >= 15 is 0 Å². The zero-order chi connectivity index (χ0) is 23.3. The Morgan fingerprint density at radius 3 is 2.53 bits per heavy atom. The van der Waals surface area contributed by atoms with Crippen molar-refractivity contribution < 1.29 is 28.6 Å². The van der Waals surface area contributed by atoms with Gasteiger partial charge in [-0.05, 0) is 56.9 Å². The van der Waals surface area contributed by atoms with Gasteiger partial charge in [0.15, 0.2) is 11.5 Å². The van der Waals surface area contributed by atoms with Crippen LogP contribution in [0.3, 0.4) is 0 Å². The molecule has 32 heavy (non-hydrogen) atoms. The highest BCUT2D eigenvalue weighted by Crippen LogP contribution is 2.39. The number of hydrogen-bond donors (Lipinski definition) is 2. The van der Waals surface area contributed by atoms with Crippen molar-refractivity contribution in [2.75, 3.05) is 26.1 Å². The number of methoxy groups -OCH3 is 2. The number of carbonyl (C=O) groups is 3. The molecule has 1 aliphatic carbocycles. The minimum Gasteiger partial charge on any atom is -0.493 e. The highest BCUT2D eigenvalue weighted by Gasteiger charge is 2.29. The molecule has 0 spiro atoms. The van der Waals surface area contributed by atoms with Gasteiger partial charge in [0.2, 0.25) is 0 Å². The van der Waals surface area contributed by atoms with Gasteiger partial charge in [-0.25, -0.2) is 10.2 Å². The Morgan fingerprint density at radius 2 is 1.84 bits per heavy atom. The molecular weight excluding hydrogens is 434 g/mol. The summed E-state index contributed by atoms with van der Waals surface area (Å²) in [5.41, 5.74) is 4.63. The number of rotatable bonds is 7. The molecule has 0 bridgehead atoms. The normalized spacial score (nSPS) is 12.7. The van der Waals surface area contributed by atoms with Crippen molar-refractivity contribution in [2.24, 2.45) is 5.10 Å². The molecule has 10 heteroatoms. The summed E-state index contributed by atoms with van der Waals surface area (Å²) in [6.45, 7) is 3.62. The second-order valence-corrected chi connectivity index (χ2v) is 8.05. The predicted molar refractivity (Wildman–Crippen MR) is 121 cm³/mol. The Hall–Kier alpha value is -3.40. The number of hydrazone groups is 1. The van der Waals surface area contributed by atoms with Crippen LogP contribution in [0, 0.1) is 0 Å². The lowest BCUT2D eigenvalue weighted by molar-refractivity contribution is -0.136. The number of ether oxygens (including phenoxy) is 3. The lowest BCUT2D eigenvalue weighted by Crippen LogP contribution is -2.33. The van der Waals surface area contributed by atoms with Crippen molar-refractivity contribution in [3.63, 3.8) is 0 Å². The van der Waals surface area contributed by atoms with Crippen molar-refractivity contribution in [1.29, 1.82) is 0 Å². The summed E-state index contributed by atoms with van der Waals surface area (Å²) < 4.78 is 15.6. The molecule has 0 saturated heterocycles. The highest BCUT2D eigenvalue weighted by molar-refractivity contribution is 7.17. The zero-order valence-corrected chi connectivity index (χ0v) is 19.2. The molecule has 170 valence electrons. The molecular formula is C22H25N3O6S. The van der Waals surface area contributed by atoms with Gasteiger partial charge >= 0.3 is 17.8 Å². The van der Waals surface area contributed by atoms with Gasteiger partial charge in [-0.2, -0.15) is 5.10 Å². The average molecular weight is 460 g/mol. The second-order valence-electron chi connectivity index (χ2n) is 6.94. The van der Waals surface area contributed by atoms with Crippen molar-refractivity contribution >= 4 is 39.8 Å². The zero-order valence-electron chi connectivity index (χ0n) is 18.4. The fraction of sp³-hybridized carbons (Fsp3) is 0.364. The number of carbonyl (C=O) groups excluding carboxylic acids is 3. The van der Waals surface area contributed by atoms with Gasteiger partial charge in [0.05, 0.1) is 32.1 Å². The Morgan fingerprint density at radius 1 is 1.09 bits per heavy atom. The molecule has 9 nitrogen and oxygen atoms in total. The Kier molecular flexibility index (Phi) is 7.47. The van der Waals surface area contributed by atoms with Crippen LogP contribution in [-0.2, 0) is 27.2 Å². The molecule has 0 atom stereocenters. The summed E-state index contributed by atoms with van der Waals surface area (Å²) in [6.07, 6.45) is 2.53. The molecule has 1 aliphatic rings. The predicted octanol–water partition coefficient (Wildman–Crippen LogP) is 2.91. The number of nitrogens with zero attached hydrogens (tertiary/aromatic N) is 1. The Bertz CT molecular complexity index is 1080. The number of amides is 2. The smallest absolute Gasteiger partial charge is 0.341 e. The number of esters is 1. The van der Waals surface area contributed by atoms with Crippen molar-refractivity contribution in [2.45, 2.75) is 33.1 Å². The summed E-state index contributed by atoms with van der Waals surface area (Å²) in [5.74, 6) is -1.29. The number of aryl methyl sites for hydroxylation is 1. The fourth-order valence-corrected chi connectivity index (χ4v) is 4.66. The third-order valence-electron chi connectivity index (χ3n) is 4.96. The van der Waals surface area contributed by atoms with E-state index < -0.39 is 17.8 Å². The van der Waals surface area contributed by atoms with Crippen LogP contribution in [0.1, 0.15) is 46.6 Å². The van der Waals surface area contributed by atoms with Crippen LogP contribution < -0.4 is 20.2 Å². The van der Waals surface area contributed by atoms with E-state index in [2.05, 4.69) is 15.8 Å². The summed E-state index contributed by atoms with van der Waals surface area (Å²) in [4.78, 5) is 38.2. The van der Waals surface area contributed by atoms with Gasteiger partial charge in [-0.1, -0.05) is 0 Å². The van der Waals surface area contributed by atoms with Crippen molar-refractivity contribution in [1.82, 2.24) is 5.43 Å². The first-order valence-corrected chi connectivity index (χ1v) is 10.9. The second kappa shape index (κ2) is 10.3. The van der Waals surface area contributed by atoms with E-state index in [1.165, 1.54) is 25.6 Å². The number of nitrogens with one attached hydrogen (secondary N) is 2. The molecule has 0 unspecified atom stereocenters. The molecule has 0 saturated carbocycles. The quantitative estimate of drug-likeness (QED) is 0.285. The van der Waals surface area contributed by atoms with Gasteiger partial charge in [-0.15, -0.1) is 11.3 Å². The van der Waals surface area contributed by atoms with Crippen LogP contribution in [0.2, 0.25) is 0 Å². The lowest BCUT2D eigenvalue weighted by atomic mass is 10.1. The van der Waals surface area contributed by atoms with E-state index in [-0.39, 0.29) is 6.61 Å². The summed E-state index contributed by atoms with van der Waals surface area (Å²) in [7, 11) is 3.05. The van der Waals surface area contributed by atoms with Crippen molar-refractivity contribution in [3.05, 3.63) is 39.8 Å². The lowest BCUT2D eigenvalue weighted by Gasteiger charge is -2.10. The van der Waals surface area contributed by atoms with E-state index in [1.807, 2.05) is 0 Å². The first kappa shape index (κ1) is 23.3. The third-order valence-corrected chi connectivity index (χ3v) is 6.17. The van der Waals surface area contributed by atoms with E-state index in [0.29, 0.717) is 33.3 Å². The molecule has 0 radical (unpaired) electrons. The van der Waals surface area contributed by atoms with Crippen LogP contribution in [0.4, 0.5) is 5.00 Å². The number of fused-ring (bicyclic) bond motifs is 1. The monoisotopic (exact) mass is 459 g/mol. The van der Waals surface area contributed by atoms with Crippen LogP contribution in [-0.4, -0.2) is 44.3 Å². The van der Waals surface area contributed by atoms with Gasteiger partial charge in [-0.3, -0.25) is 9.59 Å². The molecule has 2 amide bonds. The third kappa shape index (κ3) is 4.91. The minimum absolute atomic E-state index is 0.224. The van der Waals surface area contributed by atoms with Crippen molar-refractivity contribution in [3.8, 4) is 11.5 Å². The molecule has 1 aromatic heterocycles. The van der Waals surface area contributed by atoms with E-state index in [4.69, 9.17) is 14.2 Å². The summed E-state index contributed by atoms with van der Waals surface area (Å²) in [6, 6.07) is 5.18. The SMILES string of the molecule is CCOC(=O)c1c(NC(=O)C(=O)NN=C(C)c2ccc(OC)c(OC)c2)sc2c1CCC2. The van der Waals surface area contributed by atoms with Gasteiger partial charge in [0.1, 0.15) is 5.00 Å². The highest BCUT2D eigenvalue weighted by atomic mass is 32.1. The maximum absolute atomic E-state index is 12.4. The molecule has 0 fully saturated rings. The first-order valence-electron chi connectivity index (χ1n) is 10.1. The van der Waals surface area contributed by atoms with E-state index in [0.717, 1.165) is 29.7 Å². The van der Waals surface area contributed by atoms with Gasteiger partial charge < -0.3 is 19.5 Å². The molecule has 2 aromatic rings. The van der Waals surface area contributed by atoms with Crippen LogP contribution >= 0.6 is 11.3 Å². The van der Waals surface area contributed by atoms with Crippen LogP contribution in [0.15, 0.2) is 23.3 Å². The average Bonchev–Trinajstić information content (AvgIpc) is 3.37. The van der Waals surface area contributed by atoms with Gasteiger partial charge in [0, 0.05) is 10.4 Å². The standard InChI is InChI=1S/C22H25N3O6S/c1-5-31-22(28)18-14-7-6-8-17(14)32-21(18)23-19(26)20(27)25-24-12(2)13-9-10-15(29-3)16(11-13)30-4/h9-11H,5-8H2,1-4H3,(H,23,26)(H,25,27). The molecule has 2 N–H and O–H groups in total. The van der Waals surface area contributed by atoms with Gasteiger partial charge in [0.25, 0.3) is 0 Å². The fourth-order valence-electron chi connectivity index (χ4n) is 3.38. The first-order chi connectivity index (χ1) is 15.4. The Balaban J connectivity index is 1.71.